The van der Waals surface area contributed by atoms with E-state index in [0.29, 0.717) is 23.8 Å². The zero-order valence-electron chi connectivity index (χ0n) is 15.1. The van der Waals surface area contributed by atoms with Crippen LogP contribution in [0.3, 0.4) is 0 Å². The number of hydrogen-bond donors (Lipinski definition) is 0. The van der Waals surface area contributed by atoms with Gasteiger partial charge in [0.2, 0.25) is 0 Å². The van der Waals surface area contributed by atoms with Crippen LogP contribution < -0.4 is 9.47 Å². The van der Waals surface area contributed by atoms with Crippen LogP contribution >= 0.6 is 0 Å². The minimum Gasteiger partial charge on any atom is -0.491 e. The van der Waals surface area contributed by atoms with Crippen molar-refractivity contribution in [3.63, 3.8) is 0 Å². The SMILES string of the molecule is CCOC(=O)c1nc(C)c2cc(Oc3ccccc3)ccc2c1OCC. The number of pyridine rings is 1. The van der Waals surface area contributed by atoms with Crippen LogP contribution in [0.5, 0.6) is 17.2 Å². The summed E-state index contributed by atoms with van der Waals surface area (Å²) in [6, 6.07) is 15.2. The molecule has 1 aromatic heterocycles. The van der Waals surface area contributed by atoms with Gasteiger partial charge in [-0.3, -0.25) is 0 Å². The molecule has 0 unspecified atom stereocenters. The van der Waals surface area contributed by atoms with Crippen molar-refractivity contribution >= 4 is 16.7 Å². The van der Waals surface area contributed by atoms with Gasteiger partial charge in [-0.2, -0.15) is 0 Å². The normalized spacial score (nSPS) is 10.6. The number of rotatable bonds is 6. The van der Waals surface area contributed by atoms with Gasteiger partial charge in [0, 0.05) is 16.5 Å². The number of benzene rings is 2. The fourth-order valence-electron chi connectivity index (χ4n) is 2.74. The van der Waals surface area contributed by atoms with Crippen molar-refractivity contribution in [3.8, 4) is 17.2 Å². The second-order valence-electron chi connectivity index (χ2n) is 5.65. The summed E-state index contributed by atoms with van der Waals surface area (Å²) in [5, 5.41) is 1.68. The fraction of sp³-hybridized carbons (Fsp3) is 0.238. The van der Waals surface area contributed by atoms with Gasteiger partial charge in [-0.05, 0) is 51.1 Å². The molecule has 0 amide bonds. The van der Waals surface area contributed by atoms with E-state index in [-0.39, 0.29) is 12.3 Å². The Morgan fingerprint density at radius 2 is 1.73 bits per heavy atom. The predicted octanol–water partition coefficient (Wildman–Crippen LogP) is 4.91. The number of ether oxygens (including phenoxy) is 3. The number of esters is 1. The summed E-state index contributed by atoms with van der Waals surface area (Å²) in [6.07, 6.45) is 0. The molecule has 0 aliphatic rings. The number of carbonyl (C=O) groups excluding carboxylic acids is 1. The van der Waals surface area contributed by atoms with Crippen LogP contribution in [-0.4, -0.2) is 24.2 Å². The molecule has 0 bridgehead atoms. The molecule has 2 aromatic carbocycles. The Kier molecular flexibility index (Phi) is 5.37. The van der Waals surface area contributed by atoms with Gasteiger partial charge in [-0.15, -0.1) is 0 Å². The molecule has 0 N–H and O–H groups in total. The minimum atomic E-state index is -0.481. The van der Waals surface area contributed by atoms with E-state index >= 15 is 0 Å². The maximum Gasteiger partial charge on any atom is 0.360 e. The Labute approximate surface area is 152 Å². The van der Waals surface area contributed by atoms with Gasteiger partial charge in [0.25, 0.3) is 0 Å². The highest BCUT2D eigenvalue weighted by Crippen LogP contribution is 2.34. The molecule has 5 heteroatoms. The highest BCUT2D eigenvalue weighted by molar-refractivity contribution is 6.00. The smallest absolute Gasteiger partial charge is 0.360 e. The molecule has 5 nitrogen and oxygen atoms in total. The van der Waals surface area contributed by atoms with Gasteiger partial charge in [-0.1, -0.05) is 18.2 Å². The van der Waals surface area contributed by atoms with E-state index in [4.69, 9.17) is 14.2 Å². The molecule has 0 saturated carbocycles. The lowest BCUT2D eigenvalue weighted by atomic mass is 10.1. The topological polar surface area (TPSA) is 57.7 Å². The molecule has 0 saturated heterocycles. The molecule has 0 radical (unpaired) electrons. The van der Waals surface area contributed by atoms with Gasteiger partial charge in [0.15, 0.2) is 11.4 Å². The Morgan fingerprint density at radius 3 is 2.42 bits per heavy atom. The van der Waals surface area contributed by atoms with Crippen LogP contribution in [0.15, 0.2) is 48.5 Å². The highest BCUT2D eigenvalue weighted by atomic mass is 16.5. The number of fused-ring (bicyclic) bond motifs is 1. The first kappa shape index (κ1) is 17.7. The molecule has 0 aliphatic carbocycles. The molecule has 0 aliphatic heterocycles. The van der Waals surface area contributed by atoms with Crippen molar-refractivity contribution in [3.05, 3.63) is 59.9 Å². The Balaban J connectivity index is 2.08. The zero-order valence-corrected chi connectivity index (χ0v) is 15.1. The molecule has 0 spiro atoms. The fourth-order valence-corrected chi connectivity index (χ4v) is 2.74. The minimum absolute atomic E-state index is 0.204. The predicted molar refractivity (Wildman–Crippen MR) is 100 cm³/mol. The van der Waals surface area contributed by atoms with Crippen molar-refractivity contribution in [2.45, 2.75) is 20.8 Å². The summed E-state index contributed by atoms with van der Waals surface area (Å²) >= 11 is 0. The third-order valence-electron chi connectivity index (χ3n) is 3.86. The van der Waals surface area contributed by atoms with Crippen molar-refractivity contribution < 1.29 is 19.0 Å². The quantitative estimate of drug-likeness (QED) is 0.591. The molecule has 0 atom stereocenters. The summed E-state index contributed by atoms with van der Waals surface area (Å²) in [7, 11) is 0. The third-order valence-corrected chi connectivity index (χ3v) is 3.86. The summed E-state index contributed by atoms with van der Waals surface area (Å²) in [5.41, 5.74) is 0.917. The van der Waals surface area contributed by atoms with E-state index in [1.165, 1.54) is 0 Å². The molecular weight excluding hydrogens is 330 g/mol. The Bertz CT molecular complexity index is 922. The molecule has 26 heavy (non-hydrogen) atoms. The second kappa shape index (κ2) is 7.87. The van der Waals surface area contributed by atoms with Crippen LogP contribution in [-0.2, 0) is 4.74 Å². The van der Waals surface area contributed by atoms with E-state index in [2.05, 4.69) is 4.98 Å². The molecular formula is C21H21NO4. The van der Waals surface area contributed by atoms with Crippen LogP contribution in [0.4, 0.5) is 0 Å². The van der Waals surface area contributed by atoms with Gasteiger partial charge in [-0.25, -0.2) is 9.78 Å². The molecule has 134 valence electrons. The van der Waals surface area contributed by atoms with E-state index in [1.807, 2.05) is 62.4 Å². The molecule has 0 fully saturated rings. The first-order valence-electron chi connectivity index (χ1n) is 8.61. The lowest BCUT2D eigenvalue weighted by molar-refractivity contribution is 0.0515. The number of nitrogens with zero attached hydrogens (tertiary/aromatic N) is 1. The zero-order chi connectivity index (χ0) is 18.5. The van der Waals surface area contributed by atoms with E-state index in [1.54, 1.807) is 6.92 Å². The summed E-state index contributed by atoms with van der Waals surface area (Å²) < 4.78 is 16.7. The number of para-hydroxylation sites is 1. The Hall–Kier alpha value is -3.08. The highest BCUT2D eigenvalue weighted by Gasteiger charge is 2.21. The average molecular weight is 351 g/mol. The van der Waals surface area contributed by atoms with Gasteiger partial charge in [0.05, 0.1) is 13.2 Å². The maximum absolute atomic E-state index is 12.3. The van der Waals surface area contributed by atoms with Crippen LogP contribution in [0, 0.1) is 6.92 Å². The van der Waals surface area contributed by atoms with Crippen molar-refractivity contribution in [1.29, 1.82) is 0 Å². The average Bonchev–Trinajstić information content (AvgIpc) is 2.65. The van der Waals surface area contributed by atoms with Gasteiger partial charge in [0.1, 0.15) is 11.5 Å². The van der Waals surface area contributed by atoms with Crippen LogP contribution in [0.2, 0.25) is 0 Å². The Morgan fingerprint density at radius 1 is 0.962 bits per heavy atom. The van der Waals surface area contributed by atoms with E-state index < -0.39 is 5.97 Å². The standard InChI is InChI=1S/C21H21NO4/c1-4-24-20-17-12-11-16(26-15-9-7-6-8-10-15)13-18(17)14(3)22-19(20)21(23)25-5-2/h6-13H,4-5H2,1-3H3. The number of aryl methyl sites for hydroxylation is 1. The monoisotopic (exact) mass is 351 g/mol. The second-order valence-corrected chi connectivity index (χ2v) is 5.65. The van der Waals surface area contributed by atoms with Crippen molar-refractivity contribution in [1.82, 2.24) is 4.98 Å². The van der Waals surface area contributed by atoms with Crippen molar-refractivity contribution in [2.75, 3.05) is 13.2 Å². The summed E-state index contributed by atoms with van der Waals surface area (Å²) in [6.45, 7) is 6.20. The first-order chi connectivity index (χ1) is 12.6. The number of aromatic nitrogens is 1. The third kappa shape index (κ3) is 3.61. The molecule has 1 heterocycles. The summed E-state index contributed by atoms with van der Waals surface area (Å²) in [4.78, 5) is 16.7. The van der Waals surface area contributed by atoms with Crippen molar-refractivity contribution in [2.24, 2.45) is 0 Å². The van der Waals surface area contributed by atoms with Crippen LogP contribution in [0.1, 0.15) is 30.0 Å². The number of hydrogen-bond acceptors (Lipinski definition) is 5. The van der Waals surface area contributed by atoms with Gasteiger partial charge >= 0.3 is 5.97 Å². The van der Waals surface area contributed by atoms with E-state index in [9.17, 15) is 4.79 Å². The maximum atomic E-state index is 12.3. The largest absolute Gasteiger partial charge is 0.491 e. The lowest BCUT2D eigenvalue weighted by Crippen LogP contribution is -2.11. The first-order valence-corrected chi connectivity index (χ1v) is 8.61. The van der Waals surface area contributed by atoms with Crippen LogP contribution in [0.25, 0.3) is 10.8 Å². The van der Waals surface area contributed by atoms with Gasteiger partial charge < -0.3 is 14.2 Å². The number of carbonyl (C=O) groups is 1. The summed E-state index contributed by atoms with van der Waals surface area (Å²) in [5.74, 6) is 1.41. The molecule has 3 rings (SSSR count). The molecule has 3 aromatic rings. The lowest BCUT2D eigenvalue weighted by Gasteiger charge is -2.15. The van der Waals surface area contributed by atoms with E-state index in [0.717, 1.165) is 16.5 Å².